The van der Waals surface area contributed by atoms with Crippen molar-refractivity contribution in [3.63, 3.8) is 0 Å². The number of aromatic nitrogens is 4. The van der Waals surface area contributed by atoms with Crippen molar-refractivity contribution in [3.8, 4) is 0 Å². The fourth-order valence-corrected chi connectivity index (χ4v) is 2.94. The standard InChI is InChI=1S/C14H21N7O4/c1-23-5-9-8(24-2)3-10(25-9)21-12-11(13(22)19-6-18-12)7(20-21)4-17-14(15)16/h6,8-10H,3-5H2,1-2H3,(H4,15,16,17)(H,18,19,22). The molecule has 3 unspecified atom stereocenters. The van der Waals surface area contributed by atoms with Crippen LogP contribution in [0, 0.1) is 0 Å². The second-order valence-corrected chi connectivity index (χ2v) is 5.66. The van der Waals surface area contributed by atoms with E-state index in [9.17, 15) is 4.79 Å². The maximum atomic E-state index is 12.2. The van der Waals surface area contributed by atoms with Gasteiger partial charge in [-0.25, -0.2) is 14.7 Å². The number of nitrogens with one attached hydrogen (secondary N) is 1. The van der Waals surface area contributed by atoms with Crippen LogP contribution >= 0.6 is 0 Å². The van der Waals surface area contributed by atoms with Gasteiger partial charge < -0.3 is 30.7 Å². The van der Waals surface area contributed by atoms with Crippen LogP contribution in [-0.4, -0.2) is 58.7 Å². The van der Waals surface area contributed by atoms with Gasteiger partial charge in [-0.15, -0.1) is 0 Å². The van der Waals surface area contributed by atoms with Crippen LogP contribution in [0.4, 0.5) is 0 Å². The van der Waals surface area contributed by atoms with Crippen LogP contribution < -0.4 is 17.0 Å². The third-order valence-electron chi connectivity index (χ3n) is 4.07. The first kappa shape index (κ1) is 17.3. The summed E-state index contributed by atoms with van der Waals surface area (Å²) < 4.78 is 18.2. The Labute approximate surface area is 143 Å². The Bertz CT molecular complexity index is 826. The van der Waals surface area contributed by atoms with Crippen molar-refractivity contribution in [1.82, 2.24) is 19.7 Å². The zero-order chi connectivity index (χ0) is 18.0. The van der Waals surface area contributed by atoms with Crippen LogP contribution in [0.1, 0.15) is 18.3 Å². The Morgan fingerprint density at radius 3 is 3.00 bits per heavy atom. The molecule has 0 aliphatic carbocycles. The van der Waals surface area contributed by atoms with Crippen LogP contribution in [0.15, 0.2) is 16.1 Å². The zero-order valence-corrected chi connectivity index (χ0v) is 14.0. The number of guanidine groups is 1. The van der Waals surface area contributed by atoms with E-state index in [4.69, 9.17) is 25.7 Å². The number of methoxy groups -OCH3 is 2. The smallest absolute Gasteiger partial charge is 0.262 e. The average molecular weight is 351 g/mol. The van der Waals surface area contributed by atoms with E-state index < -0.39 is 6.23 Å². The summed E-state index contributed by atoms with van der Waals surface area (Å²) in [4.78, 5) is 22.9. The highest BCUT2D eigenvalue weighted by Crippen LogP contribution is 2.32. The molecule has 136 valence electrons. The number of rotatable bonds is 6. The molecular formula is C14H21N7O4. The van der Waals surface area contributed by atoms with Gasteiger partial charge in [-0.1, -0.05) is 0 Å². The Morgan fingerprint density at radius 1 is 1.52 bits per heavy atom. The molecule has 0 radical (unpaired) electrons. The topological polar surface area (TPSA) is 156 Å². The molecule has 1 aliphatic rings. The maximum absolute atomic E-state index is 12.2. The summed E-state index contributed by atoms with van der Waals surface area (Å²) in [5.41, 5.74) is 11.3. The number of hydrogen-bond acceptors (Lipinski definition) is 7. The van der Waals surface area contributed by atoms with Gasteiger partial charge in [0.1, 0.15) is 11.5 Å². The van der Waals surface area contributed by atoms with Crippen molar-refractivity contribution in [1.29, 1.82) is 0 Å². The van der Waals surface area contributed by atoms with Crippen LogP contribution in [-0.2, 0) is 20.8 Å². The lowest BCUT2D eigenvalue weighted by Gasteiger charge is -2.15. The highest BCUT2D eigenvalue weighted by atomic mass is 16.6. The highest BCUT2D eigenvalue weighted by molar-refractivity contribution is 5.78. The van der Waals surface area contributed by atoms with Gasteiger partial charge in [0.05, 0.1) is 31.3 Å². The maximum Gasteiger partial charge on any atom is 0.262 e. The number of nitrogens with two attached hydrogens (primary N) is 2. The Hall–Kier alpha value is -2.50. The van der Waals surface area contributed by atoms with Gasteiger partial charge in [0, 0.05) is 20.6 Å². The average Bonchev–Trinajstić information content (AvgIpc) is 3.15. The van der Waals surface area contributed by atoms with Crippen molar-refractivity contribution in [2.45, 2.75) is 31.4 Å². The van der Waals surface area contributed by atoms with E-state index in [1.165, 1.54) is 6.33 Å². The number of aromatic amines is 1. The fourth-order valence-electron chi connectivity index (χ4n) is 2.94. The molecule has 2 aromatic heterocycles. The van der Waals surface area contributed by atoms with E-state index in [0.29, 0.717) is 29.8 Å². The minimum atomic E-state index is -0.435. The third kappa shape index (κ3) is 3.34. The molecule has 0 bridgehead atoms. The van der Waals surface area contributed by atoms with Crippen LogP contribution in [0.5, 0.6) is 0 Å². The second kappa shape index (κ2) is 7.17. The molecule has 3 atom stereocenters. The predicted octanol–water partition coefficient (Wildman–Crippen LogP) is -1.16. The quantitative estimate of drug-likeness (QED) is 0.435. The molecule has 1 saturated heterocycles. The summed E-state index contributed by atoms with van der Waals surface area (Å²) in [6.45, 7) is 0.464. The first-order chi connectivity index (χ1) is 12.0. The van der Waals surface area contributed by atoms with Crippen LogP contribution in [0.25, 0.3) is 11.0 Å². The summed E-state index contributed by atoms with van der Waals surface area (Å²) in [7, 11) is 3.22. The minimum Gasteiger partial charge on any atom is -0.382 e. The molecule has 0 amide bonds. The van der Waals surface area contributed by atoms with Gasteiger partial charge in [-0.3, -0.25) is 4.79 Å². The Kier molecular flexibility index (Phi) is 4.97. The van der Waals surface area contributed by atoms with E-state index in [1.807, 2.05) is 0 Å². The first-order valence-corrected chi connectivity index (χ1v) is 7.72. The van der Waals surface area contributed by atoms with Gasteiger partial charge in [-0.05, 0) is 0 Å². The number of nitrogens with zero attached hydrogens (tertiary/aromatic N) is 4. The largest absolute Gasteiger partial charge is 0.382 e. The van der Waals surface area contributed by atoms with Crippen molar-refractivity contribution in [2.24, 2.45) is 16.5 Å². The Morgan fingerprint density at radius 2 is 2.32 bits per heavy atom. The molecule has 1 aliphatic heterocycles. The molecule has 2 aromatic rings. The molecule has 0 saturated carbocycles. The van der Waals surface area contributed by atoms with E-state index >= 15 is 0 Å². The number of H-pyrrole nitrogens is 1. The van der Waals surface area contributed by atoms with Crippen LogP contribution in [0.3, 0.4) is 0 Å². The third-order valence-corrected chi connectivity index (χ3v) is 4.07. The minimum absolute atomic E-state index is 0.0720. The van der Waals surface area contributed by atoms with Crippen molar-refractivity contribution >= 4 is 17.0 Å². The monoisotopic (exact) mass is 351 g/mol. The van der Waals surface area contributed by atoms with Gasteiger partial charge >= 0.3 is 0 Å². The van der Waals surface area contributed by atoms with Gasteiger partial charge in [-0.2, -0.15) is 5.10 Å². The number of aliphatic imine (C=N–C) groups is 1. The lowest BCUT2D eigenvalue weighted by atomic mass is 10.2. The molecular weight excluding hydrogens is 330 g/mol. The highest BCUT2D eigenvalue weighted by Gasteiger charge is 2.38. The molecule has 5 N–H and O–H groups in total. The zero-order valence-electron chi connectivity index (χ0n) is 14.0. The number of ether oxygens (including phenoxy) is 3. The summed E-state index contributed by atoms with van der Waals surface area (Å²) >= 11 is 0. The number of fused-ring (bicyclic) bond motifs is 1. The molecule has 3 rings (SSSR count). The van der Waals surface area contributed by atoms with E-state index in [1.54, 1.807) is 18.9 Å². The first-order valence-electron chi connectivity index (χ1n) is 7.72. The number of hydrogen-bond donors (Lipinski definition) is 3. The van der Waals surface area contributed by atoms with Crippen molar-refractivity contribution in [2.75, 3.05) is 20.8 Å². The summed E-state index contributed by atoms with van der Waals surface area (Å²) in [6, 6.07) is 0. The lowest BCUT2D eigenvalue weighted by Crippen LogP contribution is -2.27. The second-order valence-electron chi connectivity index (χ2n) is 5.66. The molecule has 1 fully saturated rings. The lowest BCUT2D eigenvalue weighted by molar-refractivity contribution is -0.0627. The van der Waals surface area contributed by atoms with Crippen molar-refractivity contribution < 1.29 is 14.2 Å². The normalized spacial score (nSPS) is 23.2. The van der Waals surface area contributed by atoms with E-state index in [2.05, 4.69) is 20.1 Å². The summed E-state index contributed by atoms with van der Waals surface area (Å²) in [5.74, 6) is -0.0836. The van der Waals surface area contributed by atoms with Crippen molar-refractivity contribution in [3.05, 3.63) is 22.4 Å². The fraction of sp³-hybridized carbons (Fsp3) is 0.571. The van der Waals surface area contributed by atoms with E-state index in [0.717, 1.165) is 0 Å². The summed E-state index contributed by atoms with van der Waals surface area (Å²) in [5, 5.41) is 4.80. The molecule has 11 heteroatoms. The predicted molar refractivity (Wildman–Crippen MR) is 88.9 cm³/mol. The van der Waals surface area contributed by atoms with Gasteiger partial charge in [0.15, 0.2) is 17.8 Å². The summed E-state index contributed by atoms with van der Waals surface area (Å²) in [6.07, 6.45) is 1.06. The molecule has 3 heterocycles. The molecule has 25 heavy (non-hydrogen) atoms. The van der Waals surface area contributed by atoms with Gasteiger partial charge in [0.2, 0.25) is 0 Å². The Balaban J connectivity index is 2.01. The molecule has 0 aromatic carbocycles. The van der Waals surface area contributed by atoms with Gasteiger partial charge in [0.25, 0.3) is 5.56 Å². The van der Waals surface area contributed by atoms with E-state index in [-0.39, 0.29) is 30.3 Å². The molecule has 0 spiro atoms. The molecule has 11 nitrogen and oxygen atoms in total. The SMILES string of the molecule is COCC1OC(n2nc(CN=C(N)N)c3c(=O)[nH]cnc32)CC1OC. The van der Waals surface area contributed by atoms with Crippen LogP contribution in [0.2, 0.25) is 0 Å².